The topological polar surface area (TPSA) is 88.9 Å². The lowest BCUT2D eigenvalue weighted by Gasteiger charge is -2.08. The molecule has 2 heterocycles. The second kappa shape index (κ2) is 8.11. The van der Waals surface area contributed by atoms with Gasteiger partial charge in [0.25, 0.3) is 5.91 Å². The molecule has 7 nitrogen and oxygen atoms in total. The Hall–Kier alpha value is -2.42. The maximum absolute atomic E-state index is 13.5. The summed E-state index contributed by atoms with van der Waals surface area (Å²) in [5.41, 5.74) is 4.36. The Morgan fingerprint density at radius 1 is 1.16 bits per heavy atom. The summed E-state index contributed by atoms with van der Waals surface area (Å²) in [7, 11) is 0. The third kappa shape index (κ3) is 4.36. The predicted molar refractivity (Wildman–Crippen MR) is 90.3 cm³/mol. The number of aromatic nitrogens is 3. The van der Waals surface area contributed by atoms with Crippen LogP contribution < -0.4 is 10.9 Å². The first-order valence-corrected chi connectivity index (χ1v) is 9.02. The minimum atomic E-state index is -0.701. The van der Waals surface area contributed by atoms with Gasteiger partial charge in [0.1, 0.15) is 11.6 Å². The molecule has 9 heteroatoms. The fourth-order valence-electron chi connectivity index (χ4n) is 2.57. The van der Waals surface area contributed by atoms with Crippen molar-refractivity contribution in [1.29, 1.82) is 0 Å². The second-order valence-corrected chi connectivity index (χ2v) is 6.57. The SMILES string of the molecule is O=C(CSc1nnc2n1CCCCC2)NNC(=O)c1ccccc1F. The number of hydrogen-bond donors (Lipinski definition) is 2. The Labute approximate surface area is 148 Å². The first kappa shape index (κ1) is 17.4. The Morgan fingerprint density at radius 2 is 2.00 bits per heavy atom. The highest BCUT2D eigenvalue weighted by Crippen LogP contribution is 2.21. The van der Waals surface area contributed by atoms with Gasteiger partial charge in [-0.3, -0.25) is 20.4 Å². The van der Waals surface area contributed by atoms with Crippen molar-refractivity contribution in [3.63, 3.8) is 0 Å². The summed E-state index contributed by atoms with van der Waals surface area (Å²) in [5.74, 6) is -0.716. The third-order valence-electron chi connectivity index (χ3n) is 3.84. The number of nitrogens with zero attached hydrogens (tertiary/aromatic N) is 3. The van der Waals surface area contributed by atoms with E-state index in [-0.39, 0.29) is 11.3 Å². The van der Waals surface area contributed by atoms with Crippen molar-refractivity contribution in [3.05, 3.63) is 41.5 Å². The van der Waals surface area contributed by atoms with Gasteiger partial charge in [0.2, 0.25) is 5.91 Å². The van der Waals surface area contributed by atoms with Crippen LogP contribution >= 0.6 is 11.8 Å². The number of hydrogen-bond acceptors (Lipinski definition) is 5. The van der Waals surface area contributed by atoms with E-state index < -0.39 is 17.6 Å². The van der Waals surface area contributed by atoms with E-state index in [4.69, 9.17) is 0 Å². The van der Waals surface area contributed by atoms with Crippen LogP contribution in [-0.2, 0) is 17.8 Å². The van der Waals surface area contributed by atoms with Crippen molar-refractivity contribution >= 4 is 23.6 Å². The highest BCUT2D eigenvalue weighted by molar-refractivity contribution is 7.99. The molecule has 0 fully saturated rings. The van der Waals surface area contributed by atoms with Gasteiger partial charge < -0.3 is 4.57 Å². The molecule has 0 saturated carbocycles. The minimum Gasteiger partial charge on any atom is -0.306 e. The number of benzene rings is 1. The maximum atomic E-state index is 13.5. The van der Waals surface area contributed by atoms with Crippen molar-refractivity contribution < 1.29 is 14.0 Å². The highest BCUT2D eigenvalue weighted by Gasteiger charge is 2.16. The highest BCUT2D eigenvalue weighted by atomic mass is 32.2. The molecular formula is C16H18FN5O2S. The quantitative estimate of drug-likeness (QED) is 0.638. The van der Waals surface area contributed by atoms with E-state index in [9.17, 15) is 14.0 Å². The number of carbonyl (C=O) groups excluding carboxylic acids is 2. The molecule has 3 rings (SSSR count). The number of aryl methyl sites for hydroxylation is 1. The fourth-order valence-corrected chi connectivity index (χ4v) is 3.35. The van der Waals surface area contributed by atoms with Crippen LogP contribution in [0.15, 0.2) is 29.4 Å². The van der Waals surface area contributed by atoms with Crippen LogP contribution in [0.5, 0.6) is 0 Å². The summed E-state index contributed by atoms with van der Waals surface area (Å²) in [4.78, 5) is 23.7. The number of carbonyl (C=O) groups is 2. The zero-order chi connectivity index (χ0) is 17.6. The summed E-state index contributed by atoms with van der Waals surface area (Å²) in [5, 5.41) is 8.99. The number of amides is 2. The fraction of sp³-hybridized carbons (Fsp3) is 0.375. The molecule has 0 atom stereocenters. The molecular weight excluding hydrogens is 345 g/mol. The lowest BCUT2D eigenvalue weighted by Crippen LogP contribution is -2.42. The van der Waals surface area contributed by atoms with Gasteiger partial charge >= 0.3 is 0 Å². The summed E-state index contributed by atoms with van der Waals surface area (Å²) < 4.78 is 15.5. The largest absolute Gasteiger partial charge is 0.306 e. The van der Waals surface area contributed by atoms with Gasteiger partial charge in [0.05, 0.1) is 11.3 Å². The Kier molecular flexibility index (Phi) is 5.64. The van der Waals surface area contributed by atoms with E-state index in [2.05, 4.69) is 21.0 Å². The maximum Gasteiger partial charge on any atom is 0.272 e. The molecule has 132 valence electrons. The number of thioether (sulfide) groups is 1. The number of hydrazine groups is 1. The zero-order valence-electron chi connectivity index (χ0n) is 13.5. The normalized spacial score (nSPS) is 13.6. The molecule has 0 aliphatic carbocycles. The predicted octanol–water partition coefficient (Wildman–Crippen LogP) is 1.70. The number of rotatable bonds is 4. The Bertz CT molecular complexity index is 780. The molecule has 0 radical (unpaired) electrons. The lowest BCUT2D eigenvalue weighted by atomic mass is 10.2. The van der Waals surface area contributed by atoms with Crippen molar-refractivity contribution in [2.24, 2.45) is 0 Å². The molecule has 25 heavy (non-hydrogen) atoms. The molecule has 2 aromatic rings. The molecule has 1 aliphatic heterocycles. The first-order valence-electron chi connectivity index (χ1n) is 8.04. The van der Waals surface area contributed by atoms with E-state index in [1.165, 1.54) is 30.0 Å². The monoisotopic (exact) mass is 363 g/mol. The van der Waals surface area contributed by atoms with Crippen LogP contribution in [0.3, 0.4) is 0 Å². The van der Waals surface area contributed by atoms with Crippen LogP contribution in [0.1, 0.15) is 35.4 Å². The van der Waals surface area contributed by atoms with Gasteiger partial charge in [-0.25, -0.2) is 4.39 Å². The van der Waals surface area contributed by atoms with Crippen LogP contribution in [0, 0.1) is 5.82 Å². The van der Waals surface area contributed by atoms with Gasteiger partial charge in [-0.1, -0.05) is 30.3 Å². The molecule has 0 spiro atoms. The minimum absolute atomic E-state index is 0.0791. The van der Waals surface area contributed by atoms with E-state index in [0.29, 0.717) is 5.16 Å². The van der Waals surface area contributed by atoms with Gasteiger partial charge in [-0.2, -0.15) is 0 Å². The summed E-state index contributed by atoms with van der Waals surface area (Å²) in [6.45, 7) is 0.857. The smallest absolute Gasteiger partial charge is 0.272 e. The van der Waals surface area contributed by atoms with Crippen molar-refractivity contribution in [3.8, 4) is 0 Å². The second-order valence-electron chi connectivity index (χ2n) is 5.63. The van der Waals surface area contributed by atoms with E-state index in [0.717, 1.165) is 38.1 Å². The average molecular weight is 363 g/mol. The van der Waals surface area contributed by atoms with Crippen LogP contribution in [0.25, 0.3) is 0 Å². The van der Waals surface area contributed by atoms with Gasteiger partial charge in [0, 0.05) is 13.0 Å². The molecule has 0 saturated heterocycles. The molecule has 1 aliphatic rings. The molecule has 0 unspecified atom stereocenters. The zero-order valence-corrected chi connectivity index (χ0v) is 14.3. The van der Waals surface area contributed by atoms with Crippen LogP contribution in [0.2, 0.25) is 0 Å². The van der Waals surface area contributed by atoms with Crippen LogP contribution in [0.4, 0.5) is 4.39 Å². The number of fused-ring (bicyclic) bond motifs is 1. The van der Waals surface area contributed by atoms with E-state index >= 15 is 0 Å². The lowest BCUT2D eigenvalue weighted by molar-refractivity contribution is -0.119. The number of halogens is 1. The summed E-state index contributed by atoms with van der Waals surface area (Å²) in [6.07, 6.45) is 4.24. The summed E-state index contributed by atoms with van der Waals surface area (Å²) in [6, 6.07) is 5.57. The average Bonchev–Trinajstić information content (AvgIpc) is 2.84. The molecule has 1 aromatic carbocycles. The number of nitrogens with one attached hydrogen (secondary N) is 2. The Morgan fingerprint density at radius 3 is 2.84 bits per heavy atom. The van der Waals surface area contributed by atoms with Crippen molar-refractivity contribution in [2.75, 3.05) is 5.75 Å². The third-order valence-corrected chi connectivity index (χ3v) is 4.81. The van der Waals surface area contributed by atoms with Crippen LogP contribution in [-0.4, -0.2) is 32.3 Å². The van der Waals surface area contributed by atoms with E-state index in [1.807, 2.05) is 4.57 Å². The van der Waals surface area contributed by atoms with Crippen molar-refractivity contribution in [1.82, 2.24) is 25.6 Å². The van der Waals surface area contributed by atoms with Crippen molar-refractivity contribution in [2.45, 2.75) is 37.4 Å². The van der Waals surface area contributed by atoms with Gasteiger partial charge in [0.15, 0.2) is 5.16 Å². The van der Waals surface area contributed by atoms with Gasteiger partial charge in [-0.15, -0.1) is 10.2 Å². The molecule has 0 bridgehead atoms. The first-order chi connectivity index (χ1) is 12.1. The molecule has 2 N–H and O–H groups in total. The van der Waals surface area contributed by atoms with E-state index in [1.54, 1.807) is 6.07 Å². The standard InChI is InChI=1S/C16H18FN5O2S/c17-12-7-4-3-6-11(12)15(24)20-19-14(23)10-25-16-21-18-13-8-2-1-5-9-22(13)16/h3-4,6-7H,1-2,5,8-10H2,(H,19,23)(H,20,24). The molecule has 2 amide bonds. The molecule has 1 aromatic heterocycles. The Balaban J connectivity index is 1.50. The van der Waals surface area contributed by atoms with Gasteiger partial charge in [-0.05, 0) is 25.0 Å². The summed E-state index contributed by atoms with van der Waals surface area (Å²) >= 11 is 1.26.